The second kappa shape index (κ2) is 6.21. The molecule has 2 aliphatic rings. The summed E-state index contributed by atoms with van der Waals surface area (Å²) in [6.45, 7) is 7.66. The lowest BCUT2D eigenvalue weighted by atomic mass is 10.0. The number of piperazine rings is 1. The summed E-state index contributed by atoms with van der Waals surface area (Å²) in [5.41, 5.74) is 3.16. The quantitative estimate of drug-likeness (QED) is 0.799. The van der Waals surface area contributed by atoms with E-state index >= 15 is 0 Å². The third-order valence-electron chi connectivity index (χ3n) is 4.81. The van der Waals surface area contributed by atoms with Gasteiger partial charge in [0, 0.05) is 37.7 Å². The summed E-state index contributed by atoms with van der Waals surface area (Å²) < 4.78 is 0. The molecule has 0 aromatic heterocycles. The Morgan fingerprint density at radius 1 is 1.05 bits per heavy atom. The van der Waals surface area contributed by atoms with Crippen molar-refractivity contribution < 1.29 is 9.59 Å². The van der Waals surface area contributed by atoms with E-state index in [0.29, 0.717) is 18.4 Å². The molecule has 4 heteroatoms. The fourth-order valence-electron chi connectivity index (χ4n) is 2.92. The summed E-state index contributed by atoms with van der Waals surface area (Å²) in [6, 6.07) is 5.90. The zero-order chi connectivity index (χ0) is 15.7. The Labute approximate surface area is 132 Å². The molecule has 3 rings (SSSR count). The number of ketones is 1. The molecule has 0 spiro atoms. The lowest BCUT2D eigenvalue weighted by molar-refractivity contribution is -0.134. The van der Waals surface area contributed by atoms with Crippen LogP contribution in [0.2, 0.25) is 0 Å². The van der Waals surface area contributed by atoms with E-state index in [-0.39, 0.29) is 5.78 Å². The summed E-state index contributed by atoms with van der Waals surface area (Å²) in [5.74, 6) is 0.786. The Kier molecular flexibility index (Phi) is 4.30. The highest BCUT2D eigenvalue weighted by molar-refractivity contribution is 5.97. The van der Waals surface area contributed by atoms with Gasteiger partial charge in [0.2, 0.25) is 5.91 Å². The molecule has 4 nitrogen and oxygen atoms in total. The van der Waals surface area contributed by atoms with Crippen molar-refractivity contribution in [3.05, 3.63) is 34.9 Å². The zero-order valence-corrected chi connectivity index (χ0v) is 13.5. The average molecular weight is 300 g/mol. The molecule has 118 valence electrons. The molecule has 1 aromatic carbocycles. The Bertz CT molecular complexity index is 585. The molecule has 0 atom stereocenters. The number of rotatable bonds is 4. The molecule has 0 unspecified atom stereocenters. The normalized spacial score (nSPS) is 19.3. The van der Waals surface area contributed by atoms with Crippen molar-refractivity contribution in [3.63, 3.8) is 0 Å². The Morgan fingerprint density at radius 3 is 2.32 bits per heavy atom. The molecule has 1 amide bonds. The lowest BCUT2D eigenvalue weighted by Crippen LogP contribution is -2.50. The van der Waals surface area contributed by atoms with Crippen molar-refractivity contribution in [2.75, 3.05) is 32.7 Å². The summed E-state index contributed by atoms with van der Waals surface area (Å²) in [4.78, 5) is 28.5. The second-order valence-corrected chi connectivity index (χ2v) is 6.60. The molecule has 22 heavy (non-hydrogen) atoms. The number of hydrogen-bond acceptors (Lipinski definition) is 3. The van der Waals surface area contributed by atoms with Crippen LogP contribution in [-0.4, -0.2) is 54.2 Å². The van der Waals surface area contributed by atoms with Crippen molar-refractivity contribution in [2.45, 2.75) is 26.7 Å². The molecule has 0 radical (unpaired) electrons. The topological polar surface area (TPSA) is 40.6 Å². The first-order chi connectivity index (χ1) is 10.5. The fraction of sp³-hybridized carbons (Fsp3) is 0.556. The Morgan fingerprint density at radius 2 is 1.73 bits per heavy atom. The van der Waals surface area contributed by atoms with E-state index in [1.807, 2.05) is 30.0 Å². The van der Waals surface area contributed by atoms with Gasteiger partial charge in [-0.2, -0.15) is 0 Å². The number of nitrogens with zero attached hydrogens (tertiary/aromatic N) is 2. The van der Waals surface area contributed by atoms with Gasteiger partial charge in [0.15, 0.2) is 5.78 Å². The van der Waals surface area contributed by atoms with E-state index in [1.165, 1.54) is 5.56 Å². The van der Waals surface area contributed by atoms with Gasteiger partial charge >= 0.3 is 0 Å². The highest BCUT2D eigenvalue weighted by Crippen LogP contribution is 2.31. The lowest BCUT2D eigenvalue weighted by Gasteiger charge is -2.34. The first-order valence-electron chi connectivity index (χ1n) is 8.16. The van der Waals surface area contributed by atoms with E-state index in [1.54, 1.807) is 0 Å². The minimum Gasteiger partial charge on any atom is -0.340 e. The largest absolute Gasteiger partial charge is 0.340 e. The van der Waals surface area contributed by atoms with Crippen molar-refractivity contribution in [1.82, 2.24) is 9.80 Å². The third-order valence-corrected chi connectivity index (χ3v) is 4.81. The van der Waals surface area contributed by atoms with Crippen LogP contribution in [0.3, 0.4) is 0 Å². The maximum atomic E-state index is 12.4. The van der Waals surface area contributed by atoms with Gasteiger partial charge < -0.3 is 4.90 Å². The smallest absolute Gasteiger partial charge is 0.225 e. The predicted molar refractivity (Wildman–Crippen MR) is 86.0 cm³/mol. The maximum absolute atomic E-state index is 12.4. The Hall–Kier alpha value is -1.68. The van der Waals surface area contributed by atoms with Gasteiger partial charge in [-0.1, -0.05) is 12.1 Å². The zero-order valence-electron chi connectivity index (χ0n) is 13.5. The van der Waals surface area contributed by atoms with E-state index in [0.717, 1.165) is 50.1 Å². The predicted octanol–water partition coefficient (Wildman–Crippen LogP) is 2.04. The standard InChI is InChI=1S/C18H24N2O2/c1-13-3-4-16(11-14(13)2)17(21)12-19-7-9-20(10-8-19)18(22)15-5-6-15/h3-4,11,15H,5-10,12H2,1-2H3. The van der Waals surface area contributed by atoms with Crippen LogP contribution >= 0.6 is 0 Å². The van der Waals surface area contributed by atoms with Crippen LogP contribution < -0.4 is 0 Å². The van der Waals surface area contributed by atoms with Crippen molar-refractivity contribution in [3.8, 4) is 0 Å². The summed E-state index contributed by atoms with van der Waals surface area (Å²) in [5, 5.41) is 0. The van der Waals surface area contributed by atoms with Crippen LogP contribution in [0.1, 0.15) is 34.3 Å². The van der Waals surface area contributed by atoms with Gasteiger partial charge in [0.05, 0.1) is 6.54 Å². The number of Topliss-reactive ketones (excluding diaryl/α,β-unsaturated/α-hetero) is 1. The average Bonchev–Trinajstić information content (AvgIpc) is 3.35. The monoisotopic (exact) mass is 300 g/mol. The molecule has 2 fully saturated rings. The van der Waals surface area contributed by atoms with Crippen molar-refractivity contribution in [1.29, 1.82) is 0 Å². The van der Waals surface area contributed by atoms with Crippen LogP contribution in [0, 0.1) is 19.8 Å². The molecule has 1 aliphatic carbocycles. The highest BCUT2D eigenvalue weighted by Gasteiger charge is 2.34. The molecular weight excluding hydrogens is 276 g/mol. The van der Waals surface area contributed by atoms with Gasteiger partial charge in [-0.05, 0) is 43.9 Å². The van der Waals surface area contributed by atoms with Gasteiger partial charge in [-0.15, -0.1) is 0 Å². The van der Waals surface area contributed by atoms with Crippen LogP contribution in [0.25, 0.3) is 0 Å². The number of carbonyl (C=O) groups excluding carboxylic acids is 2. The van der Waals surface area contributed by atoms with Crippen LogP contribution in [0.5, 0.6) is 0 Å². The molecule has 1 aliphatic heterocycles. The SMILES string of the molecule is Cc1ccc(C(=O)CN2CCN(C(=O)C3CC3)CC2)cc1C. The fourth-order valence-corrected chi connectivity index (χ4v) is 2.92. The molecular formula is C18H24N2O2. The maximum Gasteiger partial charge on any atom is 0.225 e. The number of benzene rings is 1. The molecule has 1 saturated carbocycles. The van der Waals surface area contributed by atoms with Gasteiger partial charge in [-0.3, -0.25) is 14.5 Å². The summed E-state index contributed by atoms with van der Waals surface area (Å²) in [6.07, 6.45) is 2.12. The van der Waals surface area contributed by atoms with Gasteiger partial charge in [-0.25, -0.2) is 0 Å². The number of hydrogen-bond donors (Lipinski definition) is 0. The van der Waals surface area contributed by atoms with E-state index in [2.05, 4.69) is 11.8 Å². The molecule has 1 heterocycles. The highest BCUT2D eigenvalue weighted by atomic mass is 16.2. The Balaban J connectivity index is 1.52. The minimum absolute atomic E-state index is 0.171. The molecule has 1 saturated heterocycles. The van der Waals surface area contributed by atoms with Gasteiger partial charge in [0.1, 0.15) is 0 Å². The molecule has 1 aromatic rings. The second-order valence-electron chi connectivity index (χ2n) is 6.60. The minimum atomic E-state index is 0.171. The first-order valence-corrected chi connectivity index (χ1v) is 8.16. The first kappa shape index (κ1) is 15.2. The number of amides is 1. The molecule has 0 N–H and O–H groups in total. The van der Waals surface area contributed by atoms with Crippen molar-refractivity contribution in [2.24, 2.45) is 5.92 Å². The van der Waals surface area contributed by atoms with Crippen molar-refractivity contribution >= 4 is 11.7 Å². The molecule has 0 bridgehead atoms. The summed E-state index contributed by atoms with van der Waals surface area (Å²) >= 11 is 0. The van der Waals surface area contributed by atoms with Crippen LogP contribution in [0.4, 0.5) is 0 Å². The summed E-state index contributed by atoms with van der Waals surface area (Å²) in [7, 11) is 0. The number of carbonyl (C=O) groups is 2. The van der Waals surface area contributed by atoms with E-state index in [9.17, 15) is 9.59 Å². The number of aryl methyl sites for hydroxylation is 2. The van der Waals surface area contributed by atoms with E-state index < -0.39 is 0 Å². The van der Waals surface area contributed by atoms with E-state index in [4.69, 9.17) is 0 Å². The van der Waals surface area contributed by atoms with Crippen LogP contribution in [-0.2, 0) is 4.79 Å². The van der Waals surface area contributed by atoms with Crippen LogP contribution in [0.15, 0.2) is 18.2 Å². The third kappa shape index (κ3) is 3.38. The van der Waals surface area contributed by atoms with Gasteiger partial charge in [0.25, 0.3) is 0 Å².